The molecule has 0 saturated heterocycles. The Hall–Kier alpha value is 2.69. The van der Waals surface area contributed by atoms with Gasteiger partial charge in [0.15, 0.2) is 0 Å². The molecule has 0 spiro atoms. The van der Waals surface area contributed by atoms with Crippen molar-refractivity contribution in [3.8, 4) is 0 Å². The van der Waals surface area contributed by atoms with E-state index in [9.17, 15) is 0 Å². The molecule has 0 saturated carbocycles. The van der Waals surface area contributed by atoms with Crippen LogP contribution in [0.25, 0.3) is 0 Å². The average molecular weight is 301 g/mol. The molecule has 0 heterocycles. The second-order valence-corrected chi connectivity index (χ2v) is 0. The third kappa shape index (κ3) is 29.9. The first-order valence-corrected chi connectivity index (χ1v) is 1.49. The summed E-state index contributed by atoms with van der Waals surface area (Å²) >= 11 is 0.194. The van der Waals surface area contributed by atoms with Crippen molar-refractivity contribution in [2.75, 3.05) is 0 Å². The van der Waals surface area contributed by atoms with E-state index >= 15 is 0 Å². The Morgan fingerprint density at radius 3 is 1.33 bits per heavy atom. The summed E-state index contributed by atoms with van der Waals surface area (Å²) in [5, 5.41) is 0. The molecule has 0 aromatic heterocycles. The standard InChI is InChI=1S/Ca.FH.Na.H2O.O.Ta.3H/h;1H;;1H2;;;;;/q+2;;+1;;;;3*-1. The molecular formula is H6CaFNaO2Ta. The SMILES string of the molecule is F.O.[Ca+2].[H-].[H-].[H-].[Na+].[O]=[Ta]. The van der Waals surface area contributed by atoms with Crippen LogP contribution in [0.5, 0.6) is 0 Å². The molecular weight excluding hydrogens is 295 g/mol. The van der Waals surface area contributed by atoms with Crippen LogP contribution >= 0.6 is 0 Å². The van der Waals surface area contributed by atoms with Crippen LogP contribution < -0.4 is 29.6 Å². The second kappa shape index (κ2) is 47.6. The fourth-order valence-corrected chi connectivity index (χ4v) is 0. The van der Waals surface area contributed by atoms with Crippen molar-refractivity contribution in [3.05, 3.63) is 0 Å². The molecule has 6 heteroatoms. The monoisotopic (exact) mass is 301 g/mol. The summed E-state index contributed by atoms with van der Waals surface area (Å²) in [5.74, 6) is 0. The normalized spacial score (nSPS) is 0.500. The summed E-state index contributed by atoms with van der Waals surface area (Å²) < 4.78 is 8.36. The zero-order valence-electron chi connectivity index (χ0n) is 6.47. The van der Waals surface area contributed by atoms with Crippen molar-refractivity contribution >= 4 is 37.7 Å². The number of hydrogen-bond acceptors (Lipinski definition) is 1. The van der Waals surface area contributed by atoms with Gasteiger partial charge in [-0.15, -0.1) is 0 Å². The first-order valence-electron chi connectivity index (χ1n) is 0.183. The van der Waals surface area contributed by atoms with E-state index in [1.807, 2.05) is 0 Å². The zero-order chi connectivity index (χ0) is 2.00. The molecule has 0 rings (SSSR count). The summed E-state index contributed by atoms with van der Waals surface area (Å²) in [4.78, 5) is 0. The third-order valence-corrected chi connectivity index (χ3v) is 0. The Labute approximate surface area is 104 Å². The Morgan fingerprint density at radius 1 is 1.33 bits per heavy atom. The van der Waals surface area contributed by atoms with Crippen LogP contribution in [0.4, 0.5) is 4.70 Å². The van der Waals surface area contributed by atoms with Gasteiger partial charge >= 0.3 is 91.6 Å². The van der Waals surface area contributed by atoms with E-state index in [4.69, 9.17) is 3.25 Å². The maximum absolute atomic E-state index is 8.36. The van der Waals surface area contributed by atoms with Crippen molar-refractivity contribution < 1.29 is 68.3 Å². The first kappa shape index (κ1) is 37.7. The molecule has 0 bridgehead atoms. The Morgan fingerprint density at radius 2 is 1.33 bits per heavy atom. The number of halogens is 1. The molecule has 0 unspecified atom stereocenters. The second-order valence-electron chi connectivity index (χ2n) is 0. The van der Waals surface area contributed by atoms with Crippen molar-refractivity contribution in [2.24, 2.45) is 0 Å². The quantitative estimate of drug-likeness (QED) is 0.423. The summed E-state index contributed by atoms with van der Waals surface area (Å²) in [5.41, 5.74) is 0. The maximum atomic E-state index is 8.36. The molecule has 2 N–H and O–H groups in total. The van der Waals surface area contributed by atoms with Crippen LogP contribution in [-0.2, 0) is 24.3 Å². The van der Waals surface area contributed by atoms with Crippen LogP contribution in [0.15, 0.2) is 0 Å². The van der Waals surface area contributed by atoms with Gasteiger partial charge in [0.05, 0.1) is 0 Å². The molecule has 0 aromatic rings. The van der Waals surface area contributed by atoms with Gasteiger partial charge in [-0.1, -0.05) is 0 Å². The van der Waals surface area contributed by atoms with E-state index < -0.39 is 0 Å². The third-order valence-electron chi connectivity index (χ3n) is 0. The van der Waals surface area contributed by atoms with E-state index in [0.717, 1.165) is 0 Å². The van der Waals surface area contributed by atoms with Gasteiger partial charge in [0.1, 0.15) is 0 Å². The van der Waals surface area contributed by atoms with Gasteiger partial charge in [0.2, 0.25) is 0 Å². The van der Waals surface area contributed by atoms with Gasteiger partial charge in [-0.05, 0) is 0 Å². The molecule has 0 radical (unpaired) electrons. The first-order chi connectivity index (χ1) is 1.00. The molecule has 33 valence electrons. The topological polar surface area (TPSA) is 48.6 Å². The Kier molecular flexibility index (Phi) is 299. The predicted molar refractivity (Wildman–Crippen MR) is 15.9 cm³/mol. The fraction of sp³-hybridized carbons (Fsp3) is 0. The molecule has 0 aliphatic carbocycles. The minimum atomic E-state index is 0. The molecule has 0 amide bonds. The van der Waals surface area contributed by atoms with Gasteiger partial charge < -0.3 is 9.76 Å². The molecule has 2 nitrogen and oxygen atoms in total. The summed E-state index contributed by atoms with van der Waals surface area (Å²) in [6.45, 7) is 0. The molecule has 6 heavy (non-hydrogen) atoms. The molecule has 0 atom stereocenters. The van der Waals surface area contributed by atoms with Gasteiger partial charge in [-0.3, -0.25) is 4.70 Å². The van der Waals surface area contributed by atoms with Gasteiger partial charge in [0, 0.05) is 0 Å². The zero-order valence-corrected chi connectivity index (χ0v) is 10.9. The Bertz CT molecular complexity index is 21.8. The number of rotatable bonds is 0. The van der Waals surface area contributed by atoms with Crippen LogP contribution in [0.1, 0.15) is 4.28 Å². The fourth-order valence-electron chi connectivity index (χ4n) is 0. The van der Waals surface area contributed by atoms with Crippen LogP contribution in [-0.4, -0.2) is 43.2 Å². The van der Waals surface area contributed by atoms with Gasteiger partial charge in [-0.2, -0.15) is 0 Å². The minimum absolute atomic E-state index is 0. The van der Waals surface area contributed by atoms with Gasteiger partial charge in [0.25, 0.3) is 0 Å². The summed E-state index contributed by atoms with van der Waals surface area (Å²) in [6, 6.07) is 0. The van der Waals surface area contributed by atoms with Crippen molar-refractivity contribution in [1.29, 1.82) is 0 Å². The number of hydrogen-bond donors (Lipinski definition) is 0. The molecule has 0 fully saturated rings. The molecule has 0 aliphatic rings. The summed E-state index contributed by atoms with van der Waals surface area (Å²) in [7, 11) is 0. The van der Waals surface area contributed by atoms with E-state index in [2.05, 4.69) is 0 Å². The Balaban J connectivity index is -0.000000000238. The molecule has 0 aliphatic heterocycles. The van der Waals surface area contributed by atoms with E-state index in [1.165, 1.54) is 0 Å². The summed E-state index contributed by atoms with van der Waals surface area (Å²) in [6.07, 6.45) is 0. The van der Waals surface area contributed by atoms with E-state index in [0.29, 0.717) is 0 Å². The van der Waals surface area contributed by atoms with Crippen molar-refractivity contribution in [2.45, 2.75) is 0 Å². The average Bonchev–Trinajstić information content (AvgIpc) is 1.00. The van der Waals surface area contributed by atoms with E-state index in [1.54, 1.807) is 0 Å². The van der Waals surface area contributed by atoms with Crippen molar-refractivity contribution in [1.82, 2.24) is 0 Å². The van der Waals surface area contributed by atoms with Crippen molar-refractivity contribution in [3.63, 3.8) is 0 Å². The molecule has 0 aromatic carbocycles. The van der Waals surface area contributed by atoms with Crippen LogP contribution in [0.2, 0.25) is 0 Å². The van der Waals surface area contributed by atoms with Gasteiger partial charge in [-0.25, -0.2) is 0 Å². The predicted octanol–water partition coefficient (Wildman–Crippen LogP) is -3.83. The van der Waals surface area contributed by atoms with Crippen LogP contribution in [0, 0.1) is 0 Å². The van der Waals surface area contributed by atoms with E-state index in [-0.39, 0.29) is 103 Å². The van der Waals surface area contributed by atoms with Crippen LogP contribution in [0.3, 0.4) is 0 Å².